The van der Waals surface area contributed by atoms with Gasteiger partial charge in [-0.05, 0) is 24.3 Å². The first-order chi connectivity index (χ1) is 10.5. The van der Waals surface area contributed by atoms with Crippen LogP contribution >= 0.6 is 0 Å². The molecule has 0 aliphatic rings. The fourth-order valence-corrected chi connectivity index (χ4v) is 1.83. The highest BCUT2D eigenvalue weighted by molar-refractivity contribution is 7.94. The molecule has 11 heteroatoms. The number of aromatic hydroxyl groups is 2. The molecule has 0 aliphatic carbocycles. The van der Waals surface area contributed by atoms with Crippen molar-refractivity contribution < 1.29 is 39.8 Å². The average molecular weight is 366 g/mol. The topological polar surface area (TPSA) is 158 Å². The van der Waals surface area contributed by atoms with Crippen molar-refractivity contribution in [3.63, 3.8) is 0 Å². The van der Waals surface area contributed by atoms with Crippen LogP contribution < -0.4 is 0 Å². The predicted octanol–water partition coefficient (Wildman–Crippen LogP) is 1.39. The van der Waals surface area contributed by atoms with Crippen LogP contribution in [0.5, 0.6) is 11.5 Å². The van der Waals surface area contributed by atoms with Crippen LogP contribution in [0, 0.1) is 0 Å². The van der Waals surface area contributed by atoms with E-state index in [4.69, 9.17) is 19.3 Å². The van der Waals surface area contributed by atoms with Gasteiger partial charge in [-0.1, -0.05) is 36.4 Å². The Morgan fingerprint density at radius 3 is 0.957 bits per heavy atom. The lowest BCUT2D eigenvalue weighted by Gasteiger charge is -1.89. The molecule has 0 radical (unpaired) electrons. The summed E-state index contributed by atoms with van der Waals surface area (Å²) in [7, 11) is -10.2. The van der Waals surface area contributed by atoms with E-state index in [1.165, 1.54) is 0 Å². The van der Waals surface area contributed by atoms with Crippen LogP contribution in [-0.4, -0.2) is 36.2 Å². The molecule has 2 rings (SSSR count). The fourth-order valence-electron chi connectivity index (χ4n) is 0.965. The second kappa shape index (κ2) is 9.76. The first-order valence-corrected chi connectivity index (χ1v) is 8.36. The van der Waals surface area contributed by atoms with Gasteiger partial charge in [0.1, 0.15) is 11.5 Å². The first-order valence-electron chi connectivity index (χ1n) is 5.63. The zero-order valence-corrected chi connectivity index (χ0v) is 13.1. The van der Waals surface area contributed by atoms with E-state index in [2.05, 4.69) is 3.63 Å². The van der Waals surface area contributed by atoms with Crippen molar-refractivity contribution in [2.75, 3.05) is 0 Å². The molecule has 0 unspecified atom stereocenters. The van der Waals surface area contributed by atoms with Gasteiger partial charge < -0.3 is 10.2 Å². The molecule has 9 nitrogen and oxygen atoms in total. The fraction of sp³-hybridized carbons (Fsp3) is 0. The summed E-state index contributed by atoms with van der Waals surface area (Å²) in [6.45, 7) is 0. The largest absolute Gasteiger partial charge is 0.508 e. The highest BCUT2D eigenvalue weighted by Gasteiger charge is 2.15. The van der Waals surface area contributed by atoms with Crippen molar-refractivity contribution in [1.82, 2.24) is 0 Å². The summed E-state index contributed by atoms with van der Waals surface area (Å²) in [5, 5.41) is 17.3. The number of benzene rings is 2. The molecule has 0 aliphatic heterocycles. The van der Waals surface area contributed by atoms with Crippen molar-refractivity contribution in [2.45, 2.75) is 0 Å². The lowest BCUT2D eigenvalue weighted by atomic mass is 10.3. The summed E-state index contributed by atoms with van der Waals surface area (Å²) in [6, 6.07) is 17.4. The summed E-state index contributed by atoms with van der Waals surface area (Å²) < 4.78 is 55.6. The summed E-state index contributed by atoms with van der Waals surface area (Å²) in [4.78, 5) is 0. The van der Waals surface area contributed by atoms with E-state index in [-0.39, 0.29) is 0 Å². The Labute approximate surface area is 133 Å². The minimum absolute atomic E-state index is 0.322. The van der Waals surface area contributed by atoms with Crippen LogP contribution in [-0.2, 0) is 24.4 Å². The van der Waals surface area contributed by atoms with Crippen molar-refractivity contribution in [2.24, 2.45) is 0 Å². The van der Waals surface area contributed by atoms with Crippen LogP contribution in [0.3, 0.4) is 0 Å². The number of rotatable bonds is 2. The minimum atomic E-state index is -5.12. The summed E-state index contributed by atoms with van der Waals surface area (Å²) in [6.07, 6.45) is 0. The first kappa shape index (κ1) is 20.8. The molecule has 0 saturated heterocycles. The molecule has 0 heterocycles. The van der Waals surface area contributed by atoms with Crippen molar-refractivity contribution in [3.8, 4) is 11.5 Å². The number of phenolic OH excluding ortho intramolecular Hbond substituents is 2. The van der Waals surface area contributed by atoms with Gasteiger partial charge in [-0.2, -0.15) is 16.8 Å². The third-order valence-electron chi connectivity index (χ3n) is 1.68. The Hall–Kier alpha value is -2.18. The molecule has 0 amide bonds. The van der Waals surface area contributed by atoms with E-state index < -0.39 is 20.8 Å². The van der Waals surface area contributed by atoms with Gasteiger partial charge in [-0.25, -0.2) is 0 Å². The van der Waals surface area contributed by atoms with E-state index >= 15 is 0 Å². The van der Waals surface area contributed by atoms with Crippen LogP contribution in [0.25, 0.3) is 0 Å². The van der Waals surface area contributed by atoms with Crippen LogP contribution in [0.4, 0.5) is 0 Å². The molecule has 4 N–H and O–H groups in total. The van der Waals surface area contributed by atoms with Crippen molar-refractivity contribution in [3.05, 3.63) is 60.7 Å². The Morgan fingerprint density at radius 1 is 0.609 bits per heavy atom. The zero-order valence-electron chi connectivity index (χ0n) is 11.4. The van der Waals surface area contributed by atoms with Crippen LogP contribution in [0.1, 0.15) is 0 Å². The molecule has 2 aromatic carbocycles. The Morgan fingerprint density at radius 2 is 0.870 bits per heavy atom. The minimum Gasteiger partial charge on any atom is -0.508 e. The molecule has 0 spiro atoms. The second-order valence-electron chi connectivity index (χ2n) is 3.59. The molecule has 0 fully saturated rings. The van der Waals surface area contributed by atoms with E-state index in [0.717, 1.165) is 0 Å². The van der Waals surface area contributed by atoms with E-state index in [1.807, 2.05) is 12.1 Å². The monoisotopic (exact) mass is 366 g/mol. The molecule has 0 atom stereocenters. The molecule has 128 valence electrons. The summed E-state index contributed by atoms with van der Waals surface area (Å²) in [5.74, 6) is 0.644. The maximum absolute atomic E-state index is 9.44. The standard InChI is InChI=1S/2C6H6O.H2O7S2/c2*7-6-4-2-1-3-5-6;1-8(2,3)7-9(4,5)6/h2*1-5,7H;(H,1,2,3)(H,4,5,6). The molecule has 0 bridgehead atoms. The normalized spacial score (nSPS) is 10.5. The SMILES string of the molecule is O=S(=O)(O)OS(=O)(=O)O.Oc1ccccc1.Oc1ccccc1. The van der Waals surface area contributed by atoms with E-state index in [0.29, 0.717) is 11.5 Å². The molecule has 0 aromatic heterocycles. The van der Waals surface area contributed by atoms with Gasteiger partial charge in [0.25, 0.3) is 0 Å². The van der Waals surface area contributed by atoms with E-state index in [1.54, 1.807) is 48.5 Å². The molecule has 2 aromatic rings. The smallest absolute Gasteiger partial charge is 0.413 e. The predicted molar refractivity (Wildman–Crippen MR) is 80.4 cm³/mol. The average Bonchev–Trinajstić information content (AvgIpc) is 2.37. The van der Waals surface area contributed by atoms with Gasteiger partial charge >= 0.3 is 20.8 Å². The Balaban J connectivity index is 0.000000318. The van der Waals surface area contributed by atoms with E-state index in [9.17, 15) is 16.8 Å². The lowest BCUT2D eigenvalue weighted by Crippen LogP contribution is -2.10. The third-order valence-corrected chi connectivity index (χ3v) is 3.06. The van der Waals surface area contributed by atoms with Gasteiger partial charge in [0, 0.05) is 0 Å². The van der Waals surface area contributed by atoms with Crippen molar-refractivity contribution >= 4 is 20.8 Å². The maximum Gasteiger partial charge on any atom is 0.413 e. The molecular formula is C12H14O9S2. The Bertz CT molecular complexity index is 689. The second-order valence-corrected chi connectivity index (χ2v) is 5.85. The number of phenols is 2. The quantitative estimate of drug-likeness (QED) is 0.576. The third kappa shape index (κ3) is 16.0. The molecular weight excluding hydrogens is 352 g/mol. The summed E-state index contributed by atoms with van der Waals surface area (Å²) in [5.41, 5.74) is 0. The number of para-hydroxylation sites is 2. The lowest BCUT2D eigenvalue weighted by molar-refractivity contribution is 0.344. The van der Waals surface area contributed by atoms with Crippen LogP contribution in [0.2, 0.25) is 0 Å². The van der Waals surface area contributed by atoms with Gasteiger partial charge in [-0.3, -0.25) is 9.11 Å². The highest BCUT2D eigenvalue weighted by atomic mass is 32.3. The summed E-state index contributed by atoms with van der Waals surface area (Å²) >= 11 is 0. The van der Waals surface area contributed by atoms with Gasteiger partial charge in [-0.15, -0.1) is 3.63 Å². The highest BCUT2D eigenvalue weighted by Crippen LogP contribution is 2.03. The number of hydrogen-bond acceptors (Lipinski definition) is 7. The zero-order chi connectivity index (χ0) is 17.9. The van der Waals surface area contributed by atoms with Gasteiger partial charge in [0.2, 0.25) is 0 Å². The van der Waals surface area contributed by atoms with Gasteiger partial charge in [0.15, 0.2) is 0 Å². The molecule has 23 heavy (non-hydrogen) atoms. The van der Waals surface area contributed by atoms with Crippen molar-refractivity contribution in [1.29, 1.82) is 0 Å². The maximum atomic E-state index is 9.44. The Kier molecular flexibility index (Phi) is 8.83. The van der Waals surface area contributed by atoms with Gasteiger partial charge in [0.05, 0.1) is 0 Å². The number of hydrogen-bond donors (Lipinski definition) is 4. The molecule has 0 saturated carbocycles. The van der Waals surface area contributed by atoms with Crippen LogP contribution in [0.15, 0.2) is 60.7 Å².